The van der Waals surface area contributed by atoms with Gasteiger partial charge in [-0.2, -0.15) is 0 Å². The lowest BCUT2D eigenvalue weighted by Crippen LogP contribution is -2.27. The van der Waals surface area contributed by atoms with Gasteiger partial charge in [0.15, 0.2) is 0 Å². The van der Waals surface area contributed by atoms with Crippen LogP contribution in [-0.4, -0.2) is 23.1 Å². The van der Waals surface area contributed by atoms with Gasteiger partial charge in [0.2, 0.25) is 0 Å². The molecule has 1 aliphatic rings. The van der Waals surface area contributed by atoms with Gasteiger partial charge in [0.1, 0.15) is 17.3 Å². The van der Waals surface area contributed by atoms with Gasteiger partial charge in [0.25, 0.3) is 0 Å². The number of alkyl halides is 1. The molecule has 20 heavy (non-hydrogen) atoms. The Bertz CT molecular complexity index is 457. The van der Waals surface area contributed by atoms with Crippen molar-refractivity contribution in [3.8, 4) is 0 Å². The number of anilines is 1. The van der Waals surface area contributed by atoms with Crippen LogP contribution in [0.25, 0.3) is 0 Å². The van der Waals surface area contributed by atoms with Gasteiger partial charge in [-0.25, -0.2) is 9.97 Å². The van der Waals surface area contributed by atoms with Crippen LogP contribution in [0, 0.1) is 11.3 Å². The topological polar surface area (TPSA) is 29.0 Å². The molecule has 1 aromatic heterocycles. The highest BCUT2D eigenvalue weighted by atomic mass is 35.5. The van der Waals surface area contributed by atoms with Crippen LogP contribution in [0.15, 0.2) is 6.33 Å². The largest absolute Gasteiger partial charge is 0.356 e. The van der Waals surface area contributed by atoms with E-state index >= 15 is 0 Å². The summed E-state index contributed by atoms with van der Waals surface area (Å²) in [6.45, 7) is 9.03. The number of hydrogen-bond donors (Lipinski definition) is 0. The molecule has 1 unspecified atom stereocenters. The van der Waals surface area contributed by atoms with E-state index < -0.39 is 0 Å². The number of hydrogen-bond acceptors (Lipinski definition) is 3. The van der Waals surface area contributed by atoms with Gasteiger partial charge < -0.3 is 4.90 Å². The van der Waals surface area contributed by atoms with Crippen molar-refractivity contribution in [2.45, 2.75) is 45.9 Å². The summed E-state index contributed by atoms with van der Waals surface area (Å²) in [6, 6.07) is 0. The second kappa shape index (κ2) is 6.48. The molecule has 0 amide bonds. The maximum absolute atomic E-state index is 6.13. The first-order valence-electron chi connectivity index (χ1n) is 7.23. The minimum absolute atomic E-state index is 0.355. The van der Waals surface area contributed by atoms with Crippen molar-refractivity contribution < 1.29 is 0 Å². The van der Waals surface area contributed by atoms with Crippen LogP contribution in [0.5, 0.6) is 0 Å². The second-order valence-electron chi connectivity index (χ2n) is 6.58. The zero-order valence-electron chi connectivity index (χ0n) is 12.5. The Morgan fingerprint density at radius 3 is 2.65 bits per heavy atom. The van der Waals surface area contributed by atoms with Crippen molar-refractivity contribution in [1.29, 1.82) is 0 Å². The molecule has 1 saturated heterocycles. The Balaban J connectivity index is 2.17. The van der Waals surface area contributed by atoms with E-state index in [1.54, 1.807) is 0 Å². The lowest BCUT2D eigenvalue weighted by atomic mass is 9.77. The van der Waals surface area contributed by atoms with E-state index in [-0.39, 0.29) is 0 Å². The Labute approximate surface area is 131 Å². The smallest absolute Gasteiger partial charge is 0.138 e. The van der Waals surface area contributed by atoms with Gasteiger partial charge in [-0.3, -0.25) is 0 Å². The van der Waals surface area contributed by atoms with E-state index in [0.717, 1.165) is 30.4 Å². The molecule has 2 rings (SSSR count). The molecule has 1 atom stereocenters. The first-order chi connectivity index (χ1) is 9.43. The molecular formula is C15H23Cl2N3. The number of rotatable bonds is 2. The summed E-state index contributed by atoms with van der Waals surface area (Å²) in [6.07, 6.45) is 5.17. The Hall–Kier alpha value is -0.540. The van der Waals surface area contributed by atoms with Gasteiger partial charge in [-0.1, -0.05) is 32.4 Å². The van der Waals surface area contributed by atoms with Crippen LogP contribution in [0.1, 0.15) is 45.6 Å². The molecule has 112 valence electrons. The Morgan fingerprint density at radius 2 is 2.00 bits per heavy atom. The third kappa shape index (κ3) is 3.56. The van der Waals surface area contributed by atoms with Crippen LogP contribution >= 0.6 is 23.2 Å². The molecule has 2 heterocycles. The number of halogens is 2. The van der Waals surface area contributed by atoms with E-state index in [4.69, 9.17) is 23.2 Å². The van der Waals surface area contributed by atoms with Gasteiger partial charge in [-0.05, 0) is 30.6 Å². The van der Waals surface area contributed by atoms with E-state index in [2.05, 4.69) is 35.6 Å². The fourth-order valence-electron chi connectivity index (χ4n) is 2.94. The monoisotopic (exact) mass is 315 g/mol. The summed E-state index contributed by atoms with van der Waals surface area (Å²) in [7, 11) is 0. The standard InChI is InChI=1S/C15H23Cl2N3/c1-15(2,3)11-5-4-7-20(8-6-11)14-12(9-16)13(17)18-10-19-14/h10-11H,4-9H2,1-3H3. The average Bonchev–Trinajstić information content (AvgIpc) is 2.63. The van der Waals surface area contributed by atoms with Gasteiger partial charge >= 0.3 is 0 Å². The van der Waals surface area contributed by atoms with E-state index in [1.807, 2.05) is 0 Å². The van der Waals surface area contributed by atoms with Crippen LogP contribution in [0.3, 0.4) is 0 Å². The van der Waals surface area contributed by atoms with Crippen molar-refractivity contribution in [3.63, 3.8) is 0 Å². The normalized spacial score (nSPS) is 20.9. The molecule has 5 heteroatoms. The summed E-state index contributed by atoms with van der Waals surface area (Å²) in [5, 5.41) is 0.474. The van der Waals surface area contributed by atoms with Gasteiger partial charge in [-0.15, -0.1) is 11.6 Å². The predicted molar refractivity (Wildman–Crippen MR) is 85.6 cm³/mol. The Kier molecular flexibility index (Phi) is 5.14. The Morgan fingerprint density at radius 1 is 1.25 bits per heavy atom. The van der Waals surface area contributed by atoms with Crippen molar-refractivity contribution in [2.75, 3.05) is 18.0 Å². The van der Waals surface area contributed by atoms with E-state index in [1.165, 1.54) is 25.6 Å². The predicted octanol–water partition coefficient (Wildman–Crippen LogP) is 4.52. The van der Waals surface area contributed by atoms with Crippen LogP contribution < -0.4 is 4.90 Å². The lowest BCUT2D eigenvalue weighted by Gasteiger charge is -2.30. The lowest BCUT2D eigenvalue weighted by molar-refractivity contribution is 0.220. The number of aromatic nitrogens is 2. The maximum atomic E-state index is 6.13. The maximum Gasteiger partial charge on any atom is 0.138 e. The first kappa shape index (κ1) is 15.8. The first-order valence-corrected chi connectivity index (χ1v) is 8.15. The molecule has 1 aliphatic heterocycles. The summed E-state index contributed by atoms with van der Waals surface area (Å²) < 4.78 is 0. The molecule has 3 nitrogen and oxygen atoms in total. The van der Waals surface area contributed by atoms with Crippen molar-refractivity contribution in [2.24, 2.45) is 11.3 Å². The third-order valence-electron chi connectivity index (χ3n) is 4.26. The summed E-state index contributed by atoms with van der Waals surface area (Å²) in [4.78, 5) is 10.8. The molecule has 0 spiro atoms. The molecule has 0 radical (unpaired) electrons. The minimum atomic E-state index is 0.355. The molecule has 1 fully saturated rings. The average molecular weight is 316 g/mol. The highest BCUT2D eigenvalue weighted by Gasteiger charge is 2.28. The molecule has 0 aliphatic carbocycles. The molecule has 1 aromatic rings. The summed E-state index contributed by atoms with van der Waals surface area (Å²) in [5.74, 6) is 2.02. The zero-order chi connectivity index (χ0) is 14.8. The SMILES string of the molecule is CC(C)(C)C1CCCN(c2ncnc(Cl)c2CCl)CC1. The number of nitrogens with zero attached hydrogens (tertiary/aromatic N) is 3. The fraction of sp³-hybridized carbons (Fsp3) is 0.733. The highest BCUT2D eigenvalue weighted by Crippen LogP contribution is 2.36. The van der Waals surface area contributed by atoms with Gasteiger partial charge in [0, 0.05) is 18.7 Å². The van der Waals surface area contributed by atoms with Crippen molar-refractivity contribution >= 4 is 29.0 Å². The van der Waals surface area contributed by atoms with Crippen LogP contribution in [0.2, 0.25) is 5.15 Å². The van der Waals surface area contributed by atoms with Crippen molar-refractivity contribution in [1.82, 2.24) is 9.97 Å². The zero-order valence-corrected chi connectivity index (χ0v) is 14.0. The van der Waals surface area contributed by atoms with Crippen molar-refractivity contribution in [3.05, 3.63) is 17.0 Å². The minimum Gasteiger partial charge on any atom is -0.356 e. The summed E-state index contributed by atoms with van der Waals surface area (Å²) >= 11 is 12.1. The molecule has 0 N–H and O–H groups in total. The molecular weight excluding hydrogens is 293 g/mol. The molecule has 0 aromatic carbocycles. The molecule has 0 bridgehead atoms. The highest BCUT2D eigenvalue weighted by molar-refractivity contribution is 6.31. The summed E-state index contributed by atoms with van der Waals surface area (Å²) in [5.41, 5.74) is 1.22. The quantitative estimate of drug-likeness (QED) is 0.593. The van der Waals surface area contributed by atoms with Gasteiger partial charge in [0.05, 0.1) is 5.88 Å². The fourth-order valence-corrected chi connectivity index (χ4v) is 3.45. The molecule has 0 saturated carbocycles. The third-order valence-corrected chi connectivity index (χ3v) is 4.85. The van der Waals surface area contributed by atoms with E-state index in [0.29, 0.717) is 16.4 Å². The van der Waals surface area contributed by atoms with Crippen LogP contribution in [0.4, 0.5) is 5.82 Å². The second-order valence-corrected chi connectivity index (χ2v) is 7.21. The van der Waals surface area contributed by atoms with Crippen LogP contribution in [-0.2, 0) is 5.88 Å². The van der Waals surface area contributed by atoms with E-state index in [9.17, 15) is 0 Å².